The van der Waals surface area contributed by atoms with E-state index in [1.54, 1.807) is 13.0 Å². The molecule has 18 heavy (non-hydrogen) atoms. The zero-order valence-electron chi connectivity index (χ0n) is 10.0. The van der Waals surface area contributed by atoms with Crippen molar-refractivity contribution in [2.75, 3.05) is 10.7 Å². The van der Waals surface area contributed by atoms with Gasteiger partial charge in [0.2, 0.25) is 5.91 Å². The number of rotatable bonds is 3. The summed E-state index contributed by atoms with van der Waals surface area (Å²) in [5.74, 6) is -1.03. The Morgan fingerprint density at radius 3 is 2.78 bits per heavy atom. The van der Waals surface area contributed by atoms with Crippen molar-refractivity contribution in [1.29, 1.82) is 0 Å². The molecule has 0 fully saturated rings. The number of hydrogen-bond donors (Lipinski definition) is 2. The average molecular weight is 265 g/mol. The third-order valence-corrected chi connectivity index (χ3v) is 3.74. The van der Waals surface area contributed by atoms with Crippen molar-refractivity contribution in [1.82, 2.24) is 0 Å². The van der Waals surface area contributed by atoms with E-state index in [-0.39, 0.29) is 11.8 Å². The van der Waals surface area contributed by atoms with E-state index in [1.807, 2.05) is 18.2 Å². The number of aliphatic carboxylic acids is 1. The van der Waals surface area contributed by atoms with E-state index in [1.165, 1.54) is 4.90 Å². The number of nitrogens with zero attached hydrogens (tertiary/aromatic N) is 1. The smallest absolute Gasteiger partial charge is 0.327 e. The number of carbonyl (C=O) groups is 2. The summed E-state index contributed by atoms with van der Waals surface area (Å²) in [6.07, 6.45) is 0.372. The fourth-order valence-electron chi connectivity index (χ4n) is 2.17. The molecule has 1 aliphatic rings. The maximum absolute atomic E-state index is 12.3. The van der Waals surface area contributed by atoms with Crippen LogP contribution >= 0.6 is 12.6 Å². The van der Waals surface area contributed by atoms with E-state index in [0.717, 1.165) is 5.56 Å². The van der Waals surface area contributed by atoms with Gasteiger partial charge >= 0.3 is 5.97 Å². The summed E-state index contributed by atoms with van der Waals surface area (Å²) in [5, 5.41) is 9.25. The van der Waals surface area contributed by atoms with E-state index >= 15 is 0 Å². The van der Waals surface area contributed by atoms with Crippen LogP contribution in [0.2, 0.25) is 0 Å². The molecule has 96 valence electrons. The first-order valence-electron chi connectivity index (χ1n) is 5.81. The van der Waals surface area contributed by atoms with Gasteiger partial charge in [0.15, 0.2) is 0 Å². The van der Waals surface area contributed by atoms with Crippen LogP contribution in [0, 0.1) is 5.92 Å². The Morgan fingerprint density at radius 1 is 1.50 bits per heavy atom. The molecule has 2 atom stereocenters. The molecule has 0 aromatic heterocycles. The summed E-state index contributed by atoms with van der Waals surface area (Å²) >= 11 is 4.10. The average Bonchev–Trinajstić information content (AvgIpc) is 2.76. The molecular weight excluding hydrogens is 250 g/mol. The predicted molar refractivity (Wildman–Crippen MR) is 72.1 cm³/mol. The van der Waals surface area contributed by atoms with Gasteiger partial charge in [0.05, 0.1) is 0 Å². The second kappa shape index (κ2) is 5.02. The first-order chi connectivity index (χ1) is 8.56. The standard InChI is InChI=1S/C13H15NO3S/c1-8(7-18)12(15)14-10-5-3-2-4-9(10)6-11(14)13(16)17/h2-5,8,11,18H,6-7H2,1H3,(H,16,17)/t8?,11-/m0/s1. The van der Waals surface area contributed by atoms with E-state index in [4.69, 9.17) is 0 Å². The topological polar surface area (TPSA) is 57.6 Å². The molecule has 0 saturated carbocycles. The quantitative estimate of drug-likeness (QED) is 0.816. The second-order valence-electron chi connectivity index (χ2n) is 4.48. The zero-order chi connectivity index (χ0) is 13.3. The first kappa shape index (κ1) is 13.0. The van der Waals surface area contributed by atoms with E-state index in [9.17, 15) is 14.7 Å². The Balaban J connectivity index is 2.40. The van der Waals surface area contributed by atoms with Gasteiger partial charge < -0.3 is 5.11 Å². The van der Waals surface area contributed by atoms with Crippen LogP contribution in [0.1, 0.15) is 12.5 Å². The van der Waals surface area contributed by atoms with Crippen molar-refractivity contribution in [2.24, 2.45) is 5.92 Å². The number of thiol groups is 1. The minimum atomic E-state index is -0.967. The number of carboxylic acid groups (broad SMARTS) is 1. The van der Waals surface area contributed by atoms with Crippen LogP contribution in [-0.2, 0) is 16.0 Å². The Kier molecular flexibility index (Phi) is 3.61. The van der Waals surface area contributed by atoms with Gasteiger partial charge in [-0.25, -0.2) is 4.79 Å². The van der Waals surface area contributed by atoms with Gasteiger partial charge in [-0.15, -0.1) is 0 Å². The molecular formula is C13H15NO3S. The summed E-state index contributed by atoms with van der Waals surface area (Å²) in [6.45, 7) is 1.76. The van der Waals surface area contributed by atoms with Crippen molar-refractivity contribution < 1.29 is 14.7 Å². The molecule has 1 heterocycles. The number of hydrogen-bond acceptors (Lipinski definition) is 3. The Labute approximate surface area is 111 Å². The molecule has 0 aliphatic carbocycles. The highest BCUT2D eigenvalue weighted by molar-refractivity contribution is 7.80. The number of amides is 1. The molecule has 1 aromatic rings. The van der Waals surface area contributed by atoms with Crippen molar-refractivity contribution in [3.63, 3.8) is 0 Å². The number of anilines is 1. The monoisotopic (exact) mass is 265 g/mol. The normalized spacial score (nSPS) is 19.4. The summed E-state index contributed by atoms with van der Waals surface area (Å²) < 4.78 is 0. The summed E-state index contributed by atoms with van der Waals surface area (Å²) in [5.41, 5.74) is 1.62. The molecule has 0 bridgehead atoms. The lowest BCUT2D eigenvalue weighted by molar-refractivity contribution is -0.140. The SMILES string of the molecule is CC(CS)C(=O)N1c2ccccc2C[C@H]1C(=O)O. The van der Waals surface area contributed by atoms with Gasteiger partial charge in [-0.05, 0) is 11.6 Å². The van der Waals surface area contributed by atoms with Gasteiger partial charge in [-0.2, -0.15) is 12.6 Å². The van der Waals surface area contributed by atoms with Gasteiger partial charge in [0.25, 0.3) is 0 Å². The Morgan fingerprint density at radius 2 is 2.17 bits per heavy atom. The van der Waals surface area contributed by atoms with Crippen molar-refractivity contribution in [3.8, 4) is 0 Å². The highest BCUT2D eigenvalue weighted by Crippen LogP contribution is 2.33. The maximum Gasteiger partial charge on any atom is 0.327 e. The molecule has 1 aromatic carbocycles. The number of para-hydroxylation sites is 1. The van der Waals surface area contributed by atoms with Crippen LogP contribution in [0.4, 0.5) is 5.69 Å². The maximum atomic E-state index is 12.3. The highest BCUT2D eigenvalue weighted by atomic mass is 32.1. The lowest BCUT2D eigenvalue weighted by Gasteiger charge is -2.25. The molecule has 0 radical (unpaired) electrons. The first-order valence-corrected chi connectivity index (χ1v) is 6.44. The molecule has 1 unspecified atom stereocenters. The largest absolute Gasteiger partial charge is 0.480 e. The van der Waals surface area contributed by atoms with Crippen molar-refractivity contribution in [2.45, 2.75) is 19.4 Å². The fraction of sp³-hybridized carbons (Fsp3) is 0.385. The van der Waals surface area contributed by atoms with Crippen LogP contribution in [0.3, 0.4) is 0 Å². The molecule has 1 N–H and O–H groups in total. The molecule has 4 nitrogen and oxygen atoms in total. The predicted octanol–water partition coefficient (Wildman–Crippen LogP) is 1.59. The zero-order valence-corrected chi connectivity index (χ0v) is 10.9. The third-order valence-electron chi connectivity index (χ3n) is 3.19. The number of benzene rings is 1. The van der Waals surface area contributed by atoms with Gasteiger partial charge in [0, 0.05) is 23.8 Å². The second-order valence-corrected chi connectivity index (χ2v) is 4.84. The van der Waals surface area contributed by atoms with E-state index in [2.05, 4.69) is 12.6 Å². The summed E-state index contributed by atoms with van der Waals surface area (Å²) in [4.78, 5) is 25.0. The van der Waals surface area contributed by atoms with Crippen molar-refractivity contribution >= 4 is 30.2 Å². The van der Waals surface area contributed by atoms with Crippen LogP contribution < -0.4 is 4.90 Å². The minimum absolute atomic E-state index is 0.178. The molecule has 0 spiro atoms. The van der Waals surface area contributed by atoms with Crippen LogP contribution in [0.15, 0.2) is 24.3 Å². The van der Waals surface area contributed by atoms with Crippen LogP contribution in [-0.4, -0.2) is 28.8 Å². The fourth-order valence-corrected chi connectivity index (χ4v) is 2.33. The van der Waals surface area contributed by atoms with Crippen LogP contribution in [0.5, 0.6) is 0 Å². The van der Waals surface area contributed by atoms with Crippen LogP contribution in [0.25, 0.3) is 0 Å². The highest BCUT2D eigenvalue weighted by Gasteiger charge is 2.39. The Hall–Kier alpha value is -1.49. The lowest BCUT2D eigenvalue weighted by atomic mass is 10.1. The van der Waals surface area contributed by atoms with E-state index in [0.29, 0.717) is 17.9 Å². The summed E-state index contributed by atoms with van der Waals surface area (Å²) in [7, 11) is 0. The molecule has 1 aliphatic heterocycles. The third kappa shape index (κ3) is 2.10. The molecule has 0 saturated heterocycles. The molecule has 2 rings (SSSR count). The van der Waals surface area contributed by atoms with Gasteiger partial charge in [-0.1, -0.05) is 25.1 Å². The van der Waals surface area contributed by atoms with Gasteiger partial charge in [-0.3, -0.25) is 9.69 Å². The number of carboxylic acids is 1. The van der Waals surface area contributed by atoms with Gasteiger partial charge in [0.1, 0.15) is 6.04 Å². The Bertz CT molecular complexity index is 489. The number of carbonyl (C=O) groups excluding carboxylic acids is 1. The lowest BCUT2D eigenvalue weighted by Crippen LogP contribution is -2.45. The minimum Gasteiger partial charge on any atom is -0.480 e. The summed E-state index contributed by atoms with van der Waals surface area (Å²) in [6, 6.07) is 6.53. The molecule has 5 heteroatoms. The van der Waals surface area contributed by atoms with Crippen molar-refractivity contribution in [3.05, 3.63) is 29.8 Å². The number of fused-ring (bicyclic) bond motifs is 1. The van der Waals surface area contributed by atoms with E-state index < -0.39 is 12.0 Å². The molecule has 1 amide bonds.